The third-order valence-corrected chi connectivity index (χ3v) is 6.36. The molecule has 7 heteroatoms. The lowest BCUT2D eigenvalue weighted by atomic mass is 10.1. The van der Waals surface area contributed by atoms with Gasteiger partial charge in [0.2, 0.25) is 0 Å². The van der Waals surface area contributed by atoms with Crippen molar-refractivity contribution in [2.45, 2.75) is 23.4 Å². The van der Waals surface area contributed by atoms with E-state index in [1.54, 1.807) is 38.1 Å². The summed E-state index contributed by atoms with van der Waals surface area (Å²) in [6.45, 7) is 3.56. The van der Waals surface area contributed by atoms with E-state index in [2.05, 4.69) is 4.72 Å². The average Bonchev–Trinajstić information content (AvgIpc) is 2.70. The van der Waals surface area contributed by atoms with Crippen molar-refractivity contribution in [3.8, 4) is 0 Å². The zero-order chi connectivity index (χ0) is 14.9. The first-order chi connectivity index (χ1) is 9.31. The Kier molecular flexibility index (Phi) is 4.64. The Morgan fingerprint density at radius 2 is 1.95 bits per heavy atom. The second-order valence-electron chi connectivity index (χ2n) is 4.33. The molecule has 1 heterocycles. The van der Waals surface area contributed by atoms with Gasteiger partial charge >= 0.3 is 0 Å². The van der Waals surface area contributed by atoms with E-state index in [1.807, 2.05) is 6.07 Å². The number of hydrogen-bond donors (Lipinski definition) is 1. The molecule has 0 aliphatic heterocycles. The number of thiophene rings is 1. The monoisotopic (exact) mass is 349 g/mol. The first kappa shape index (κ1) is 15.6. The quantitative estimate of drug-likeness (QED) is 0.805. The van der Waals surface area contributed by atoms with Crippen LogP contribution in [-0.2, 0) is 10.0 Å². The van der Waals surface area contributed by atoms with Crippen molar-refractivity contribution in [1.82, 2.24) is 0 Å². The Balaban J connectivity index is 2.38. The summed E-state index contributed by atoms with van der Waals surface area (Å²) in [7, 11) is -3.65. The minimum absolute atomic E-state index is 0.192. The van der Waals surface area contributed by atoms with Crippen LogP contribution in [0.5, 0.6) is 0 Å². The molecule has 1 N–H and O–H groups in total. The summed E-state index contributed by atoms with van der Waals surface area (Å²) in [6, 6.07) is 8.61. The number of sulfonamides is 1. The van der Waals surface area contributed by atoms with Gasteiger partial charge in [-0.05, 0) is 37.1 Å². The van der Waals surface area contributed by atoms with Crippen molar-refractivity contribution < 1.29 is 8.42 Å². The molecule has 0 saturated carbocycles. The number of benzene rings is 1. The maximum Gasteiger partial charge on any atom is 0.271 e. The topological polar surface area (TPSA) is 46.2 Å². The molecule has 0 radical (unpaired) electrons. The van der Waals surface area contributed by atoms with E-state index in [9.17, 15) is 8.42 Å². The molecule has 0 saturated heterocycles. The lowest BCUT2D eigenvalue weighted by Crippen LogP contribution is -2.13. The molecule has 1 aromatic heterocycles. The smallest absolute Gasteiger partial charge is 0.271 e. The number of anilines is 1. The Morgan fingerprint density at radius 1 is 1.30 bits per heavy atom. The van der Waals surface area contributed by atoms with Crippen LogP contribution in [0.2, 0.25) is 4.34 Å². The van der Waals surface area contributed by atoms with Gasteiger partial charge in [0.05, 0.1) is 15.4 Å². The molecule has 1 atom stereocenters. The predicted octanol–water partition coefficient (Wildman–Crippen LogP) is 4.81. The number of alkyl halides is 1. The van der Waals surface area contributed by atoms with E-state index in [-0.39, 0.29) is 9.59 Å². The second-order valence-corrected chi connectivity index (χ2v) is 8.55. The molecule has 0 amide bonds. The zero-order valence-electron chi connectivity index (χ0n) is 10.9. The van der Waals surface area contributed by atoms with Gasteiger partial charge in [-0.3, -0.25) is 4.72 Å². The number of para-hydroxylation sites is 1. The maximum absolute atomic E-state index is 12.3. The van der Waals surface area contributed by atoms with Gasteiger partial charge in [-0.1, -0.05) is 29.8 Å². The van der Waals surface area contributed by atoms with Crippen LogP contribution in [0.3, 0.4) is 0 Å². The molecule has 2 rings (SSSR count). The SMILES string of the molecule is Cc1cc(S(=O)(=O)Nc2ccccc2C(C)Cl)sc1Cl. The van der Waals surface area contributed by atoms with Crippen LogP contribution in [-0.4, -0.2) is 8.42 Å². The van der Waals surface area contributed by atoms with Gasteiger partial charge in [0, 0.05) is 0 Å². The van der Waals surface area contributed by atoms with Gasteiger partial charge in [0.15, 0.2) is 0 Å². The third-order valence-electron chi connectivity index (χ3n) is 2.73. The summed E-state index contributed by atoms with van der Waals surface area (Å²) in [5.41, 5.74) is 1.96. The Morgan fingerprint density at radius 3 is 2.50 bits per heavy atom. The largest absolute Gasteiger partial charge is 0.279 e. The van der Waals surface area contributed by atoms with Crippen LogP contribution in [0.4, 0.5) is 5.69 Å². The van der Waals surface area contributed by atoms with Crippen molar-refractivity contribution in [3.63, 3.8) is 0 Å². The Hall–Kier alpha value is -0.750. The van der Waals surface area contributed by atoms with Gasteiger partial charge < -0.3 is 0 Å². The summed E-state index contributed by atoms with van der Waals surface area (Å²) >= 11 is 13.0. The molecule has 1 unspecified atom stereocenters. The molecule has 1 aromatic carbocycles. The lowest BCUT2D eigenvalue weighted by Gasteiger charge is -2.12. The second kappa shape index (κ2) is 5.93. The normalized spacial score (nSPS) is 13.2. The zero-order valence-corrected chi connectivity index (χ0v) is 14.0. The predicted molar refractivity (Wildman–Crippen MR) is 85.6 cm³/mol. The average molecular weight is 350 g/mol. The molecule has 0 spiro atoms. The first-order valence-corrected chi connectivity index (χ1v) is 8.94. The molecular weight excluding hydrogens is 337 g/mol. The number of aryl methyl sites for hydroxylation is 1. The van der Waals surface area contributed by atoms with E-state index in [0.717, 1.165) is 22.5 Å². The van der Waals surface area contributed by atoms with E-state index in [0.29, 0.717) is 10.0 Å². The molecular formula is C13H13Cl2NO2S2. The minimum atomic E-state index is -3.65. The van der Waals surface area contributed by atoms with E-state index < -0.39 is 10.0 Å². The molecule has 0 bridgehead atoms. The van der Waals surface area contributed by atoms with Crippen LogP contribution < -0.4 is 4.72 Å². The van der Waals surface area contributed by atoms with Crippen molar-refractivity contribution in [2.24, 2.45) is 0 Å². The van der Waals surface area contributed by atoms with Crippen molar-refractivity contribution >= 4 is 50.2 Å². The van der Waals surface area contributed by atoms with Crippen molar-refractivity contribution in [1.29, 1.82) is 0 Å². The third kappa shape index (κ3) is 3.28. The highest BCUT2D eigenvalue weighted by Crippen LogP contribution is 2.33. The van der Waals surface area contributed by atoms with Crippen LogP contribution in [0.15, 0.2) is 34.5 Å². The number of hydrogen-bond acceptors (Lipinski definition) is 3. The summed E-state index contributed by atoms with van der Waals surface area (Å²) < 4.78 is 27.9. The lowest BCUT2D eigenvalue weighted by molar-refractivity contribution is 0.603. The Labute approximate surface area is 132 Å². The summed E-state index contributed by atoms with van der Waals surface area (Å²) in [5, 5.41) is -0.289. The van der Waals surface area contributed by atoms with Gasteiger partial charge in [-0.2, -0.15) is 0 Å². The molecule has 0 aliphatic carbocycles. The summed E-state index contributed by atoms with van der Waals surface area (Å²) in [4.78, 5) is 0. The molecule has 108 valence electrons. The standard InChI is InChI=1S/C13H13Cl2NO2S2/c1-8-7-12(19-13(8)15)20(17,18)16-11-6-4-3-5-10(11)9(2)14/h3-7,9,16H,1-2H3. The first-order valence-electron chi connectivity index (χ1n) is 5.83. The number of halogens is 2. The fourth-order valence-electron chi connectivity index (χ4n) is 1.70. The number of nitrogens with one attached hydrogen (secondary N) is 1. The molecule has 3 nitrogen and oxygen atoms in total. The molecule has 20 heavy (non-hydrogen) atoms. The Bertz CT molecular complexity index is 704. The highest BCUT2D eigenvalue weighted by Gasteiger charge is 2.20. The minimum Gasteiger partial charge on any atom is -0.279 e. The molecule has 2 aromatic rings. The fraction of sp³-hybridized carbons (Fsp3) is 0.231. The number of rotatable bonds is 4. The molecule has 0 aliphatic rings. The van der Waals surface area contributed by atoms with E-state index in [1.165, 1.54) is 0 Å². The van der Waals surface area contributed by atoms with Crippen LogP contribution in [0.25, 0.3) is 0 Å². The van der Waals surface area contributed by atoms with E-state index >= 15 is 0 Å². The van der Waals surface area contributed by atoms with Crippen LogP contribution >= 0.6 is 34.5 Å². The van der Waals surface area contributed by atoms with Crippen molar-refractivity contribution in [3.05, 3.63) is 45.8 Å². The van der Waals surface area contributed by atoms with Crippen LogP contribution in [0.1, 0.15) is 23.4 Å². The molecule has 0 fully saturated rings. The van der Waals surface area contributed by atoms with Gasteiger partial charge in [0.1, 0.15) is 4.21 Å². The summed E-state index contributed by atoms with van der Waals surface area (Å²) in [6.07, 6.45) is 0. The highest BCUT2D eigenvalue weighted by molar-refractivity contribution is 7.94. The fourth-order valence-corrected chi connectivity index (χ4v) is 4.68. The maximum atomic E-state index is 12.3. The van der Waals surface area contributed by atoms with Gasteiger partial charge in [-0.25, -0.2) is 8.42 Å². The van der Waals surface area contributed by atoms with Crippen molar-refractivity contribution in [2.75, 3.05) is 4.72 Å². The summed E-state index contributed by atoms with van der Waals surface area (Å²) in [5.74, 6) is 0. The highest BCUT2D eigenvalue weighted by atomic mass is 35.5. The van der Waals surface area contributed by atoms with Gasteiger partial charge in [-0.15, -0.1) is 22.9 Å². The van der Waals surface area contributed by atoms with E-state index in [4.69, 9.17) is 23.2 Å². The van der Waals surface area contributed by atoms with Crippen LogP contribution in [0, 0.1) is 6.92 Å². The van der Waals surface area contributed by atoms with Gasteiger partial charge in [0.25, 0.3) is 10.0 Å².